The summed E-state index contributed by atoms with van der Waals surface area (Å²) in [6.45, 7) is 0. The van der Waals surface area contributed by atoms with Crippen molar-refractivity contribution in [2.45, 2.75) is 0 Å². The minimum atomic E-state index is 0.0969. The highest BCUT2D eigenvalue weighted by Gasteiger charge is 1.63. The Bertz CT molecular complexity index is 145. The van der Waals surface area contributed by atoms with Crippen molar-refractivity contribution in [1.82, 2.24) is 0 Å². The van der Waals surface area contributed by atoms with Gasteiger partial charge in [-0.2, -0.15) is 0 Å². The van der Waals surface area contributed by atoms with Crippen molar-refractivity contribution in [2.75, 3.05) is 0 Å². The number of hydrogen-bond donors (Lipinski definition) is 0. The van der Waals surface area contributed by atoms with Gasteiger partial charge in [0, 0.05) is 10.3 Å². The van der Waals surface area contributed by atoms with Crippen LogP contribution in [0, 0.1) is 0 Å². The fraction of sp³-hybridized carbons (Fsp3) is 0. The lowest BCUT2D eigenvalue weighted by Gasteiger charge is -1.62. The zero-order valence-electron chi connectivity index (χ0n) is 3.63. The second-order valence-electron chi connectivity index (χ2n) is 0.964. The lowest BCUT2D eigenvalue weighted by atomic mass is 10.7. The van der Waals surface area contributed by atoms with E-state index in [0.717, 1.165) is 0 Å². The number of rotatable bonds is 0. The van der Waals surface area contributed by atoms with Crippen LogP contribution < -0.4 is 0 Å². The fourth-order valence-corrected chi connectivity index (χ4v) is 1.20. The second kappa shape index (κ2) is 2.88. The Morgan fingerprint density at radius 1 is 1.57 bits per heavy atom. The zero-order chi connectivity index (χ0) is 4.95. The highest BCUT2D eigenvalue weighted by molar-refractivity contribution is 14.2. The molecule has 36 valence electrons. The number of halogens is 1. The van der Waals surface area contributed by atoms with Crippen molar-refractivity contribution in [3.05, 3.63) is 15.9 Å². The fourth-order valence-electron chi connectivity index (χ4n) is 0.252. The Morgan fingerprint density at radius 3 is 3.57 bits per heavy atom. The van der Waals surface area contributed by atoms with Crippen LogP contribution in [0.5, 0.6) is 0 Å². The Morgan fingerprint density at radius 2 is 2.57 bits per heavy atom. The van der Waals surface area contributed by atoms with Gasteiger partial charge in [0.25, 0.3) is 0 Å². The molecule has 1 rings (SSSR count). The van der Waals surface area contributed by atoms with Gasteiger partial charge in [-0.25, -0.2) is 0 Å². The Kier molecular flexibility index (Phi) is 2.03. The quantitative estimate of drug-likeness (QED) is 0.419. The minimum absolute atomic E-state index is 0.0969. The summed E-state index contributed by atoms with van der Waals surface area (Å²) in [4.78, 5) is 3.92. The summed E-state index contributed by atoms with van der Waals surface area (Å²) in [7, 11) is 0. The van der Waals surface area contributed by atoms with E-state index in [1.54, 1.807) is 6.21 Å². The average Bonchev–Trinajstić information content (AvgIpc) is 1.90. The van der Waals surface area contributed by atoms with E-state index in [2.05, 4.69) is 10.7 Å². The third-order valence-corrected chi connectivity index (χ3v) is 1.86. The normalized spacial score (nSPS) is 16.0. The highest BCUT2D eigenvalue weighted by Crippen LogP contribution is 1.95. The smallest absolute Gasteiger partial charge is 0.0603 e. The average molecular weight is 205 g/mol. The SMILES string of the molecule is C1=CC=NC=IC=1. The summed E-state index contributed by atoms with van der Waals surface area (Å²) < 4.78 is 4.00. The molecule has 1 aliphatic rings. The molecular weight excluding hydrogens is 201 g/mol. The van der Waals surface area contributed by atoms with E-state index in [4.69, 9.17) is 0 Å². The molecule has 0 bridgehead atoms. The first kappa shape index (κ1) is 4.94. The van der Waals surface area contributed by atoms with Gasteiger partial charge in [-0.05, 0) is 6.08 Å². The van der Waals surface area contributed by atoms with Crippen LogP contribution >= 0.6 is 20.7 Å². The van der Waals surface area contributed by atoms with Gasteiger partial charge in [0.05, 0.1) is 4.14 Å². The van der Waals surface area contributed by atoms with E-state index >= 15 is 0 Å². The maximum Gasteiger partial charge on any atom is 0.0603 e. The molecule has 0 aromatic rings. The number of nitrogens with zero attached hydrogens (tertiary/aromatic N) is 1. The summed E-state index contributed by atoms with van der Waals surface area (Å²) in [6.07, 6.45) is 3.58. The first-order valence-corrected chi connectivity index (χ1v) is 4.35. The summed E-state index contributed by atoms with van der Waals surface area (Å²) >= 11 is 0.0969. The molecular formula is C5H4IN. The standard InChI is InChI=1S/C5H4IN/c1-2-4-7-5-6-3-1/h2-5H. The number of aliphatic imine (C=N–C) groups is 1. The van der Waals surface area contributed by atoms with Crippen molar-refractivity contribution >= 4 is 31.1 Å². The molecule has 0 aromatic heterocycles. The molecule has 0 atom stereocenters. The number of allylic oxidation sites excluding steroid dienone is 1. The van der Waals surface area contributed by atoms with Crippen molar-refractivity contribution in [1.29, 1.82) is 0 Å². The number of hydrogen-bond acceptors (Lipinski definition) is 1. The molecule has 0 radical (unpaired) electrons. The summed E-state index contributed by atoms with van der Waals surface area (Å²) in [6, 6.07) is 0. The zero-order valence-corrected chi connectivity index (χ0v) is 5.79. The predicted molar refractivity (Wildman–Crippen MR) is 41.2 cm³/mol. The van der Waals surface area contributed by atoms with Crippen LogP contribution in [-0.2, 0) is 0 Å². The maximum atomic E-state index is 3.92. The Balaban J connectivity index is 2.86. The van der Waals surface area contributed by atoms with E-state index in [9.17, 15) is 0 Å². The minimum Gasteiger partial charge on any atom is -0.258 e. The molecule has 1 nitrogen and oxygen atoms in total. The molecule has 0 aromatic carbocycles. The van der Waals surface area contributed by atoms with Crippen molar-refractivity contribution < 1.29 is 0 Å². The van der Waals surface area contributed by atoms with Crippen LogP contribution in [0.4, 0.5) is 0 Å². The van der Waals surface area contributed by atoms with Crippen LogP contribution in [0.1, 0.15) is 0 Å². The van der Waals surface area contributed by atoms with Crippen LogP contribution in [0.2, 0.25) is 0 Å². The van der Waals surface area contributed by atoms with Gasteiger partial charge in [0.1, 0.15) is 0 Å². The van der Waals surface area contributed by atoms with E-state index in [0.29, 0.717) is 0 Å². The first-order valence-electron chi connectivity index (χ1n) is 1.86. The summed E-state index contributed by atoms with van der Waals surface area (Å²) in [5.74, 6) is 0. The lowest BCUT2D eigenvalue weighted by Crippen LogP contribution is -1.57. The van der Waals surface area contributed by atoms with E-state index in [-0.39, 0.29) is 20.7 Å². The molecule has 0 saturated carbocycles. The molecule has 0 fully saturated rings. The van der Waals surface area contributed by atoms with Gasteiger partial charge >= 0.3 is 0 Å². The second-order valence-corrected chi connectivity index (χ2v) is 2.86. The van der Waals surface area contributed by atoms with Crippen LogP contribution in [0.25, 0.3) is 0 Å². The maximum absolute atomic E-state index is 3.92. The molecule has 1 aliphatic heterocycles. The van der Waals surface area contributed by atoms with Crippen LogP contribution in [0.15, 0.2) is 20.9 Å². The van der Waals surface area contributed by atoms with Gasteiger partial charge in [-0.1, -0.05) is 20.7 Å². The van der Waals surface area contributed by atoms with Crippen LogP contribution in [0.3, 0.4) is 0 Å². The van der Waals surface area contributed by atoms with Crippen molar-refractivity contribution in [3.8, 4) is 0 Å². The monoisotopic (exact) mass is 205 g/mol. The van der Waals surface area contributed by atoms with Gasteiger partial charge in [-0.3, -0.25) is 4.99 Å². The lowest BCUT2D eigenvalue weighted by molar-refractivity contribution is 1.89. The van der Waals surface area contributed by atoms with E-state index < -0.39 is 0 Å². The van der Waals surface area contributed by atoms with E-state index in [1.807, 2.05) is 14.3 Å². The topological polar surface area (TPSA) is 12.4 Å². The van der Waals surface area contributed by atoms with Gasteiger partial charge < -0.3 is 0 Å². The van der Waals surface area contributed by atoms with Gasteiger partial charge in [-0.15, -0.1) is 5.73 Å². The first-order chi connectivity index (χ1) is 3.50. The Hall–Kier alpha value is -0.210. The van der Waals surface area contributed by atoms with Crippen LogP contribution in [-0.4, -0.2) is 10.4 Å². The molecule has 0 amide bonds. The van der Waals surface area contributed by atoms with Gasteiger partial charge in [0.15, 0.2) is 0 Å². The third kappa shape index (κ3) is 1.80. The molecule has 0 saturated heterocycles. The molecule has 0 spiro atoms. The van der Waals surface area contributed by atoms with Crippen molar-refractivity contribution in [2.24, 2.45) is 4.99 Å². The highest BCUT2D eigenvalue weighted by atomic mass is 127. The third-order valence-electron chi connectivity index (χ3n) is 0.496. The molecule has 0 aliphatic carbocycles. The van der Waals surface area contributed by atoms with Crippen molar-refractivity contribution in [3.63, 3.8) is 0 Å². The largest absolute Gasteiger partial charge is 0.258 e. The van der Waals surface area contributed by atoms with E-state index in [1.165, 1.54) is 0 Å². The molecule has 0 N–H and O–H groups in total. The van der Waals surface area contributed by atoms with Gasteiger partial charge in [0.2, 0.25) is 0 Å². The predicted octanol–water partition coefficient (Wildman–Crippen LogP) is 1.47. The summed E-state index contributed by atoms with van der Waals surface area (Å²) in [5.41, 5.74) is 2.97. The molecule has 1 heterocycles. The molecule has 2 heteroatoms. The molecule has 0 unspecified atom stereocenters. The molecule has 7 heavy (non-hydrogen) atoms. The summed E-state index contributed by atoms with van der Waals surface area (Å²) in [5, 5.41) is 0. The Labute approximate surface area is 52.2 Å².